The molecule has 0 aromatic rings. The number of rotatable bonds is 11. The van der Waals surface area contributed by atoms with Crippen molar-refractivity contribution in [2.24, 2.45) is 5.92 Å². The summed E-state index contributed by atoms with van der Waals surface area (Å²) < 4.78 is 10.7. The summed E-state index contributed by atoms with van der Waals surface area (Å²) in [6.07, 6.45) is 0.601. The van der Waals surface area contributed by atoms with Gasteiger partial charge in [-0.25, -0.2) is 0 Å². The SMILES string of the molecule is CC.CNCCOCCOCCN(C)C(=O)CC(C)C. The van der Waals surface area contributed by atoms with Crippen molar-refractivity contribution in [3.05, 3.63) is 0 Å². The summed E-state index contributed by atoms with van der Waals surface area (Å²) in [5.41, 5.74) is 0. The zero-order chi connectivity index (χ0) is 15.8. The van der Waals surface area contributed by atoms with Crippen molar-refractivity contribution in [2.75, 3.05) is 53.6 Å². The number of likely N-dealkylation sites (N-methyl/N-ethyl adjacent to an activating group) is 2. The molecule has 20 heavy (non-hydrogen) atoms. The van der Waals surface area contributed by atoms with Gasteiger partial charge >= 0.3 is 0 Å². The van der Waals surface area contributed by atoms with Crippen LogP contribution in [0.1, 0.15) is 34.1 Å². The fourth-order valence-electron chi connectivity index (χ4n) is 1.33. The van der Waals surface area contributed by atoms with Crippen LogP contribution >= 0.6 is 0 Å². The number of hydrogen-bond acceptors (Lipinski definition) is 4. The third kappa shape index (κ3) is 15.4. The van der Waals surface area contributed by atoms with Crippen molar-refractivity contribution < 1.29 is 14.3 Å². The summed E-state index contributed by atoms with van der Waals surface area (Å²) in [5.74, 6) is 0.584. The van der Waals surface area contributed by atoms with Crippen molar-refractivity contribution in [1.29, 1.82) is 0 Å². The highest BCUT2D eigenvalue weighted by Crippen LogP contribution is 2.02. The number of nitrogens with one attached hydrogen (secondary N) is 1. The standard InChI is InChI=1S/C13H28N2O3.C2H6/c1-12(2)11-13(16)15(4)6-8-18-10-9-17-7-5-14-3;1-2/h12,14H,5-11H2,1-4H3;1-2H3. The van der Waals surface area contributed by atoms with Gasteiger partial charge in [-0.3, -0.25) is 4.79 Å². The summed E-state index contributed by atoms with van der Waals surface area (Å²) >= 11 is 0. The van der Waals surface area contributed by atoms with Crippen molar-refractivity contribution in [3.8, 4) is 0 Å². The Kier molecular flexibility index (Phi) is 17.8. The number of carbonyl (C=O) groups is 1. The van der Waals surface area contributed by atoms with Gasteiger partial charge in [0.25, 0.3) is 0 Å². The van der Waals surface area contributed by atoms with Gasteiger partial charge in [0.15, 0.2) is 0 Å². The Morgan fingerprint density at radius 1 is 1.10 bits per heavy atom. The van der Waals surface area contributed by atoms with Gasteiger partial charge in [-0.2, -0.15) is 0 Å². The highest BCUT2D eigenvalue weighted by atomic mass is 16.5. The summed E-state index contributed by atoms with van der Waals surface area (Å²) in [6, 6.07) is 0. The van der Waals surface area contributed by atoms with E-state index in [9.17, 15) is 4.79 Å². The molecule has 1 amide bonds. The summed E-state index contributed by atoms with van der Waals surface area (Å²) in [7, 11) is 3.71. The van der Waals surface area contributed by atoms with Crippen LogP contribution in [0.5, 0.6) is 0 Å². The lowest BCUT2D eigenvalue weighted by atomic mass is 10.1. The molecule has 0 aromatic heterocycles. The molecule has 122 valence electrons. The van der Waals surface area contributed by atoms with Crippen LogP contribution in [0.15, 0.2) is 0 Å². The first kappa shape index (κ1) is 21.6. The molecule has 0 atom stereocenters. The average molecular weight is 290 g/mol. The van der Waals surface area contributed by atoms with Gasteiger partial charge in [-0.1, -0.05) is 27.7 Å². The number of carbonyl (C=O) groups excluding carboxylic acids is 1. The second-order valence-electron chi connectivity index (χ2n) is 4.74. The molecule has 0 bridgehead atoms. The lowest BCUT2D eigenvalue weighted by Gasteiger charge is -2.18. The summed E-state index contributed by atoms with van der Waals surface area (Å²) in [4.78, 5) is 13.4. The monoisotopic (exact) mass is 290 g/mol. The Bertz CT molecular complexity index is 211. The van der Waals surface area contributed by atoms with E-state index in [0.29, 0.717) is 45.3 Å². The Morgan fingerprint density at radius 3 is 2.15 bits per heavy atom. The zero-order valence-electron chi connectivity index (χ0n) is 14.2. The molecule has 0 radical (unpaired) electrons. The molecule has 0 aliphatic heterocycles. The van der Waals surface area contributed by atoms with E-state index in [1.807, 2.05) is 41.8 Å². The van der Waals surface area contributed by atoms with Crippen molar-refractivity contribution in [2.45, 2.75) is 34.1 Å². The van der Waals surface area contributed by atoms with Gasteiger partial charge in [0.1, 0.15) is 0 Å². The van der Waals surface area contributed by atoms with E-state index >= 15 is 0 Å². The topological polar surface area (TPSA) is 50.8 Å². The van der Waals surface area contributed by atoms with Gasteiger partial charge in [0, 0.05) is 26.6 Å². The highest BCUT2D eigenvalue weighted by Gasteiger charge is 2.09. The summed E-state index contributed by atoms with van der Waals surface area (Å²) in [5, 5.41) is 3.00. The van der Waals surface area contributed by atoms with Gasteiger partial charge < -0.3 is 19.7 Å². The molecule has 0 saturated heterocycles. The van der Waals surface area contributed by atoms with E-state index in [-0.39, 0.29) is 5.91 Å². The first-order valence-electron chi connectivity index (χ1n) is 7.62. The second-order valence-corrected chi connectivity index (χ2v) is 4.74. The predicted octanol–water partition coefficient (Wildman–Crippen LogP) is 1.77. The van der Waals surface area contributed by atoms with E-state index in [1.54, 1.807) is 4.90 Å². The lowest BCUT2D eigenvalue weighted by molar-refractivity contribution is -0.131. The van der Waals surface area contributed by atoms with Gasteiger partial charge in [0.2, 0.25) is 5.91 Å². The number of amides is 1. The highest BCUT2D eigenvalue weighted by molar-refractivity contribution is 5.75. The zero-order valence-corrected chi connectivity index (χ0v) is 14.2. The summed E-state index contributed by atoms with van der Waals surface area (Å²) in [6.45, 7) is 12.0. The largest absolute Gasteiger partial charge is 0.378 e. The van der Waals surface area contributed by atoms with Gasteiger partial charge in [-0.15, -0.1) is 0 Å². The molecule has 0 rings (SSSR count). The lowest BCUT2D eigenvalue weighted by Crippen LogP contribution is -2.31. The molecule has 0 heterocycles. The van der Waals surface area contributed by atoms with E-state index in [0.717, 1.165) is 6.54 Å². The van der Waals surface area contributed by atoms with E-state index in [2.05, 4.69) is 5.32 Å². The van der Waals surface area contributed by atoms with Crippen LogP contribution in [-0.4, -0.2) is 64.4 Å². The minimum absolute atomic E-state index is 0.180. The maximum absolute atomic E-state index is 11.6. The molecule has 0 saturated carbocycles. The van der Waals surface area contributed by atoms with Crippen molar-refractivity contribution >= 4 is 5.91 Å². The third-order valence-electron chi connectivity index (χ3n) is 2.45. The van der Waals surface area contributed by atoms with E-state index < -0.39 is 0 Å². The quantitative estimate of drug-likeness (QED) is 0.589. The first-order valence-corrected chi connectivity index (χ1v) is 7.62. The molecular weight excluding hydrogens is 256 g/mol. The molecule has 0 aromatic carbocycles. The maximum Gasteiger partial charge on any atom is 0.222 e. The van der Waals surface area contributed by atoms with Crippen LogP contribution in [0.4, 0.5) is 0 Å². The second kappa shape index (κ2) is 16.4. The smallest absolute Gasteiger partial charge is 0.222 e. The molecule has 0 unspecified atom stereocenters. The number of nitrogens with zero attached hydrogens (tertiary/aromatic N) is 1. The van der Waals surface area contributed by atoms with Crippen LogP contribution in [0, 0.1) is 5.92 Å². The van der Waals surface area contributed by atoms with Crippen LogP contribution in [0.25, 0.3) is 0 Å². The molecule has 0 fully saturated rings. The molecular formula is C15H34N2O3. The molecule has 5 heteroatoms. The maximum atomic E-state index is 11.6. The van der Waals surface area contributed by atoms with Crippen LogP contribution in [0.3, 0.4) is 0 Å². The minimum Gasteiger partial charge on any atom is -0.378 e. The molecule has 0 aliphatic carbocycles. The fraction of sp³-hybridized carbons (Fsp3) is 0.933. The Hall–Kier alpha value is -0.650. The van der Waals surface area contributed by atoms with E-state index in [1.165, 1.54) is 0 Å². The van der Waals surface area contributed by atoms with Crippen LogP contribution in [0.2, 0.25) is 0 Å². The fourth-order valence-corrected chi connectivity index (χ4v) is 1.33. The molecule has 5 nitrogen and oxygen atoms in total. The van der Waals surface area contributed by atoms with Crippen LogP contribution in [-0.2, 0) is 14.3 Å². The molecule has 0 spiro atoms. The predicted molar refractivity (Wildman–Crippen MR) is 84.0 cm³/mol. The third-order valence-corrected chi connectivity index (χ3v) is 2.45. The Balaban J connectivity index is 0. The number of ether oxygens (including phenoxy) is 2. The van der Waals surface area contributed by atoms with Crippen LogP contribution < -0.4 is 5.32 Å². The van der Waals surface area contributed by atoms with Crippen molar-refractivity contribution in [1.82, 2.24) is 10.2 Å². The molecule has 0 aliphatic rings. The average Bonchev–Trinajstić information content (AvgIpc) is 2.43. The Labute approximate surface area is 125 Å². The van der Waals surface area contributed by atoms with Gasteiger partial charge in [0.05, 0.1) is 26.4 Å². The Morgan fingerprint density at radius 2 is 1.65 bits per heavy atom. The normalized spacial score (nSPS) is 10.2. The first-order chi connectivity index (χ1) is 9.57. The molecule has 1 N–H and O–H groups in total. The van der Waals surface area contributed by atoms with Crippen molar-refractivity contribution in [3.63, 3.8) is 0 Å². The minimum atomic E-state index is 0.180. The van der Waals surface area contributed by atoms with Gasteiger partial charge in [-0.05, 0) is 13.0 Å². The van der Waals surface area contributed by atoms with E-state index in [4.69, 9.17) is 9.47 Å². The number of hydrogen-bond donors (Lipinski definition) is 1.